The molecule has 1 fully saturated rings. The van der Waals surface area contributed by atoms with E-state index in [4.69, 9.17) is 9.73 Å². The number of anilines is 1. The Morgan fingerprint density at radius 1 is 0.969 bits per heavy atom. The Kier molecular flexibility index (Phi) is 5.23. The molecule has 2 aliphatic heterocycles. The minimum Gasteiger partial charge on any atom is -0.454 e. The zero-order valence-corrected chi connectivity index (χ0v) is 17.7. The van der Waals surface area contributed by atoms with Crippen LogP contribution in [0.3, 0.4) is 0 Å². The molecule has 3 aromatic carbocycles. The first-order chi connectivity index (χ1) is 15.6. The van der Waals surface area contributed by atoms with Crippen LogP contribution in [0.1, 0.15) is 11.1 Å². The number of rotatable bonds is 1. The van der Waals surface area contributed by atoms with Crippen molar-refractivity contribution in [3.05, 3.63) is 83.7 Å². The molecular formula is C25H23FN4O2. The fourth-order valence-corrected chi connectivity index (χ4v) is 3.93. The highest BCUT2D eigenvalue weighted by molar-refractivity contribution is 6.04. The summed E-state index contributed by atoms with van der Waals surface area (Å²) in [6.45, 7) is 4.42. The lowest BCUT2D eigenvalue weighted by atomic mass is 10.1. The molecule has 2 aliphatic rings. The van der Waals surface area contributed by atoms with Gasteiger partial charge in [-0.15, -0.1) is 0 Å². The van der Waals surface area contributed by atoms with Gasteiger partial charge in [0.1, 0.15) is 23.1 Å². The Balaban J connectivity index is 1.34. The van der Waals surface area contributed by atoms with Gasteiger partial charge in [0.2, 0.25) is 0 Å². The Morgan fingerprint density at radius 2 is 1.72 bits per heavy atom. The quantitative estimate of drug-likeness (QED) is 0.580. The molecule has 0 saturated carbocycles. The molecule has 5 rings (SSSR count). The van der Waals surface area contributed by atoms with E-state index in [0.29, 0.717) is 31.9 Å². The van der Waals surface area contributed by atoms with E-state index in [1.54, 1.807) is 17.0 Å². The maximum atomic E-state index is 13.1. The van der Waals surface area contributed by atoms with Gasteiger partial charge in [0.15, 0.2) is 5.75 Å². The van der Waals surface area contributed by atoms with E-state index in [0.717, 1.165) is 34.1 Å². The van der Waals surface area contributed by atoms with Gasteiger partial charge in [0.05, 0.1) is 5.56 Å². The van der Waals surface area contributed by atoms with Crippen LogP contribution in [0, 0.1) is 12.7 Å². The van der Waals surface area contributed by atoms with E-state index >= 15 is 0 Å². The highest BCUT2D eigenvalue weighted by Gasteiger charge is 2.27. The van der Waals surface area contributed by atoms with E-state index in [1.165, 1.54) is 12.1 Å². The standard InChI is InChI=1S/C25H23FN4O2/c1-17-6-11-21-23(16-17)32-22-5-3-2-4-20(22)24(28-21)29-12-14-30(15-13-29)25(31)27-19-9-7-18(26)8-10-19/h2-11,16H,12-15H2,1H3,(H,27,31). The number of hydrogen-bond donors (Lipinski definition) is 1. The third-order valence-electron chi connectivity index (χ3n) is 5.65. The molecule has 32 heavy (non-hydrogen) atoms. The molecule has 1 N–H and O–H groups in total. The highest BCUT2D eigenvalue weighted by atomic mass is 19.1. The number of carbonyl (C=O) groups is 1. The first kappa shape index (κ1) is 20.1. The topological polar surface area (TPSA) is 57.2 Å². The van der Waals surface area contributed by atoms with Gasteiger partial charge in [-0.2, -0.15) is 0 Å². The van der Waals surface area contributed by atoms with E-state index in [2.05, 4.69) is 10.2 Å². The van der Waals surface area contributed by atoms with E-state index < -0.39 is 0 Å². The monoisotopic (exact) mass is 430 g/mol. The number of benzene rings is 3. The van der Waals surface area contributed by atoms with Gasteiger partial charge in [-0.05, 0) is 61.0 Å². The lowest BCUT2D eigenvalue weighted by Crippen LogP contribution is -2.51. The first-order valence-corrected chi connectivity index (χ1v) is 10.6. The number of hydrogen-bond acceptors (Lipinski definition) is 4. The number of aryl methyl sites for hydroxylation is 1. The molecule has 0 unspecified atom stereocenters. The lowest BCUT2D eigenvalue weighted by Gasteiger charge is -2.36. The molecular weight excluding hydrogens is 407 g/mol. The van der Waals surface area contributed by atoms with Crippen LogP contribution >= 0.6 is 0 Å². The van der Waals surface area contributed by atoms with Gasteiger partial charge in [-0.25, -0.2) is 14.2 Å². The Hall–Kier alpha value is -3.87. The summed E-state index contributed by atoms with van der Waals surface area (Å²) in [7, 11) is 0. The highest BCUT2D eigenvalue weighted by Crippen LogP contribution is 2.38. The number of urea groups is 1. The SMILES string of the molecule is Cc1ccc2c(c1)Oc1ccccc1C(N1CCN(C(=O)Nc3ccc(F)cc3)CC1)=N2. The number of aliphatic imine (C=N–C) groups is 1. The van der Waals surface area contributed by atoms with E-state index in [-0.39, 0.29) is 11.8 Å². The summed E-state index contributed by atoms with van der Waals surface area (Å²) in [5, 5.41) is 2.83. The molecule has 2 amide bonds. The molecule has 0 aromatic heterocycles. The van der Waals surface area contributed by atoms with Crippen molar-refractivity contribution in [1.82, 2.24) is 9.80 Å². The summed E-state index contributed by atoms with van der Waals surface area (Å²) in [5.74, 6) is 2.03. The average Bonchev–Trinajstić information content (AvgIpc) is 2.97. The fraction of sp³-hybridized carbons (Fsp3) is 0.200. The van der Waals surface area contributed by atoms with E-state index in [1.807, 2.05) is 49.4 Å². The Bertz CT molecular complexity index is 1180. The Labute approximate surface area is 185 Å². The van der Waals surface area contributed by atoms with Crippen molar-refractivity contribution in [3.63, 3.8) is 0 Å². The first-order valence-electron chi connectivity index (χ1n) is 10.6. The van der Waals surface area contributed by atoms with Crippen LogP contribution in [0.15, 0.2) is 71.7 Å². The van der Waals surface area contributed by atoms with Crippen molar-refractivity contribution >= 4 is 23.2 Å². The summed E-state index contributed by atoms with van der Waals surface area (Å²) in [6, 6.07) is 19.5. The second-order valence-corrected chi connectivity index (χ2v) is 7.92. The summed E-state index contributed by atoms with van der Waals surface area (Å²) < 4.78 is 19.3. The number of fused-ring (bicyclic) bond motifs is 2. The summed E-state index contributed by atoms with van der Waals surface area (Å²) in [6.07, 6.45) is 0. The zero-order valence-electron chi connectivity index (χ0n) is 17.7. The molecule has 1 saturated heterocycles. The van der Waals surface area contributed by atoms with Crippen LogP contribution in [0.25, 0.3) is 0 Å². The number of amidine groups is 1. The zero-order chi connectivity index (χ0) is 22.1. The van der Waals surface area contributed by atoms with Crippen LogP contribution in [0.2, 0.25) is 0 Å². The predicted molar refractivity (Wildman–Crippen MR) is 122 cm³/mol. The molecule has 2 heterocycles. The van der Waals surface area contributed by atoms with Crippen molar-refractivity contribution in [2.75, 3.05) is 31.5 Å². The molecule has 3 aromatic rings. The summed E-state index contributed by atoms with van der Waals surface area (Å²) in [4.78, 5) is 21.5. The fourth-order valence-electron chi connectivity index (χ4n) is 3.93. The largest absolute Gasteiger partial charge is 0.454 e. The van der Waals surface area contributed by atoms with Crippen molar-refractivity contribution in [3.8, 4) is 11.5 Å². The number of piperazine rings is 1. The Morgan fingerprint density at radius 3 is 2.50 bits per heavy atom. The molecule has 0 aliphatic carbocycles. The number of amides is 2. The van der Waals surface area contributed by atoms with Crippen molar-refractivity contribution in [2.24, 2.45) is 4.99 Å². The summed E-state index contributed by atoms with van der Waals surface area (Å²) >= 11 is 0. The average molecular weight is 430 g/mol. The minimum absolute atomic E-state index is 0.191. The van der Waals surface area contributed by atoms with Crippen LogP contribution in [-0.2, 0) is 0 Å². The lowest BCUT2D eigenvalue weighted by molar-refractivity contribution is 0.181. The van der Waals surface area contributed by atoms with Gasteiger partial charge in [-0.3, -0.25) is 0 Å². The molecule has 162 valence electrons. The molecule has 0 radical (unpaired) electrons. The van der Waals surface area contributed by atoms with Gasteiger partial charge in [-0.1, -0.05) is 18.2 Å². The second-order valence-electron chi connectivity index (χ2n) is 7.92. The minimum atomic E-state index is -0.332. The maximum Gasteiger partial charge on any atom is 0.321 e. The van der Waals surface area contributed by atoms with Crippen LogP contribution < -0.4 is 10.1 Å². The summed E-state index contributed by atoms with van der Waals surface area (Å²) in [5.41, 5.74) is 3.41. The molecule has 0 bridgehead atoms. The van der Waals surface area contributed by atoms with Crippen molar-refractivity contribution in [2.45, 2.75) is 6.92 Å². The molecule has 7 heteroatoms. The third-order valence-corrected chi connectivity index (χ3v) is 5.65. The normalized spacial score (nSPS) is 15.1. The second kappa shape index (κ2) is 8.34. The van der Waals surface area contributed by atoms with Gasteiger partial charge in [0.25, 0.3) is 0 Å². The third kappa shape index (κ3) is 4.01. The van der Waals surface area contributed by atoms with Crippen molar-refractivity contribution < 1.29 is 13.9 Å². The number of ether oxygens (including phenoxy) is 1. The number of nitrogens with zero attached hydrogens (tertiary/aromatic N) is 3. The number of carbonyl (C=O) groups excluding carboxylic acids is 1. The number of para-hydroxylation sites is 1. The molecule has 6 nitrogen and oxygen atoms in total. The van der Waals surface area contributed by atoms with Crippen LogP contribution in [0.4, 0.5) is 20.6 Å². The molecule has 0 atom stereocenters. The predicted octanol–water partition coefficient (Wildman–Crippen LogP) is 5.17. The molecule has 0 spiro atoms. The maximum absolute atomic E-state index is 13.1. The van der Waals surface area contributed by atoms with Gasteiger partial charge in [0, 0.05) is 31.9 Å². The number of halogens is 1. The van der Waals surface area contributed by atoms with E-state index in [9.17, 15) is 9.18 Å². The smallest absolute Gasteiger partial charge is 0.321 e. The van der Waals surface area contributed by atoms with Crippen molar-refractivity contribution in [1.29, 1.82) is 0 Å². The number of nitrogens with one attached hydrogen (secondary N) is 1. The van der Waals surface area contributed by atoms with Gasteiger partial charge >= 0.3 is 6.03 Å². The van der Waals surface area contributed by atoms with Crippen LogP contribution in [-0.4, -0.2) is 47.8 Å². The van der Waals surface area contributed by atoms with Crippen LogP contribution in [0.5, 0.6) is 11.5 Å². The van der Waals surface area contributed by atoms with Gasteiger partial charge < -0.3 is 19.9 Å².